The second kappa shape index (κ2) is 8.51. The number of ether oxygens (including phenoxy) is 1. The average molecular weight is 381 g/mol. The highest BCUT2D eigenvalue weighted by Crippen LogP contribution is 2.22. The Bertz CT molecular complexity index is 1050. The molecule has 146 valence electrons. The Morgan fingerprint density at radius 3 is 2.64 bits per heavy atom. The lowest BCUT2D eigenvalue weighted by molar-refractivity contribution is 0.159. The number of benzene rings is 2. The maximum Gasteiger partial charge on any atom is 0.368 e. The molecule has 8 heteroatoms. The van der Waals surface area contributed by atoms with Gasteiger partial charge in [0.1, 0.15) is 19.0 Å². The number of rotatable bonds is 7. The lowest BCUT2D eigenvalue weighted by atomic mass is 10.1. The van der Waals surface area contributed by atoms with E-state index in [2.05, 4.69) is 15.6 Å². The van der Waals surface area contributed by atoms with Crippen molar-refractivity contribution in [3.8, 4) is 11.4 Å². The first-order valence-electron chi connectivity index (χ1n) is 8.99. The van der Waals surface area contributed by atoms with Gasteiger partial charge in [0.15, 0.2) is 0 Å². The van der Waals surface area contributed by atoms with Crippen LogP contribution in [0, 0.1) is 6.92 Å². The number of hydrogen-bond acceptors (Lipinski definition) is 6. The van der Waals surface area contributed by atoms with Crippen molar-refractivity contribution in [1.82, 2.24) is 19.8 Å². The summed E-state index contributed by atoms with van der Waals surface area (Å²) in [5, 5.41) is 11.7. The van der Waals surface area contributed by atoms with E-state index < -0.39 is 0 Å². The molecular formula is C20H23N5O3. The minimum Gasteiger partial charge on any atom is -0.489 e. The molecule has 1 aromatic heterocycles. The molecule has 3 rings (SSSR count). The molecule has 1 heterocycles. The van der Waals surface area contributed by atoms with Gasteiger partial charge in [0.25, 0.3) is 0 Å². The predicted molar refractivity (Wildman–Crippen MR) is 106 cm³/mol. The van der Waals surface area contributed by atoms with Crippen LogP contribution in [0.5, 0.6) is 5.75 Å². The second-order valence-electron chi connectivity index (χ2n) is 6.29. The van der Waals surface area contributed by atoms with Crippen molar-refractivity contribution >= 4 is 5.71 Å². The zero-order valence-electron chi connectivity index (χ0n) is 16.4. The Morgan fingerprint density at radius 2 is 1.96 bits per heavy atom. The molecule has 0 unspecified atom stereocenters. The van der Waals surface area contributed by atoms with Crippen LogP contribution in [0.4, 0.5) is 0 Å². The lowest BCUT2D eigenvalue weighted by Crippen LogP contribution is -2.23. The fourth-order valence-electron chi connectivity index (χ4n) is 2.71. The molecule has 0 N–H and O–H groups in total. The monoisotopic (exact) mass is 381 g/mol. The number of oxime groups is 1. The summed E-state index contributed by atoms with van der Waals surface area (Å²) in [6, 6.07) is 13.3. The first-order valence-corrected chi connectivity index (χ1v) is 8.99. The topological polar surface area (TPSA) is 83.5 Å². The highest BCUT2D eigenvalue weighted by Gasteiger charge is 2.12. The Morgan fingerprint density at radius 1 is 1.18 bits per heavy atom. The van der Waals surface area contributed by atoms with Gasteiger partial charge in [-0.25, -0.2) is 4.79 Å². The van der Waals surface area contributed by atoms with E-state index >= 15 is 0 Å². The molecule has 28 heavy (non-hydrogen) atoms. The van der Waals surface area contributed by atoms with E-state index in [9.17, 15) is 4.79 Å². The van der Waals surface area contributed by atoms with Crippen LogP contribution in [0.3, 0.4) is 0 Å². The molecule has 0 radical (unpaired) electrons. The molecule has 0 fully saturated rings. The van der Waals surface area contributed by atoms with Gasteiger partial charge in [-0.3, -0.25) is 0 Å². The minimum atomic E-state index is -0.308. The smallest absolute Gasteiger partial charge is 0.368 e. The molecule has 0 atom stereocenters. The normalized spacial score (nSPS) is 11.5. The summed E-state index contributed by atoms with van der Waals surface area (Å²) in [5.74, 6) is 0.759. The van der Waals surface area contributed by atoms with E-state index in [0.29, 0.717) is 18.9 Å². The van der Waals surface area contributed by atoms with Crippen LogP contribution in [0.15, 0.2) is 52.4 Å². The van der Waals surface area contributed by atoms with Gasteiger partial charge in [0.2, 0.25) is 0 Å². The molecular weight excluding hydrogens is 358 g/mol. The zero-order valence-corrected chi connectivity index (χ0v) is 16.4. The van der Waals surface area contributed by atoms with Crippen molar-refractivity contribution in [2.75, 3.05) is 6.61 Å². The quantitative estimate of drug-likeness (QED) is 0.464. The third kappa shape index (κ3) is 4.11. The highest BCUT2D eigenvalue weighted by atomic mass is 16.6. The molecule has 0 bridgehead atoms. The van der Waals surface area contributed by atoms with Crippen LogP contribution in [0.25, 0.3) is 5.69 Å². The van der Waals surface area contributed by atoms with Gasteiger partial charge in [-0.15, -0.1) is 0 Å². The maximum atomic E-state index is 12.2. The van der Waals surface area contributed by atoms with Crippen molar-refractivity contribution in [2.45, 2.75) is 27.4 Å². The second-order valence-corrected chi connectivity index (χ2v) is 6.29. The summed E-state index contributed by atoms with van der Waals surface area (Å²) in [6.45, 7) is 6.61. The number of nitrogens with zero attached hydrogens (tertiary/aromatic N) is 5. The molecule has 2 aromatic carbocycles. The molecule has 0 amide bonds. The van der Waals surface area contributed by atoms with Crippen LogP contribution in [0.1, 0.15) is 30.5 Å². The van der Waals surface area contributed by atoms with Crippen molar-refractivity contribution in [3.05, 3.63) is 69.6 Å². The molecule has 0 saturated carbocycles. The minimum absolute atomic E-state index is 0.297. The molecule has 0 spiro atoms. The third-order valence-corrected chi connectivity index (χ3v) is 4.25. The summed E-state index contributed by atoms with van der Waals surface area (Å²) in [4.78, 5) is 17.3. The highest BCUT2D eigenvalue weighted by molar-refractivity contribution is 5.98. The fourth-order valence-corrected chi connectivity index (χ4v) is 2.71. The average Bonchev–Trinajstić information content (AvgIpc) is 3.04. The number of aromatic nitrogens is 4. The Hall–Kier alpha value is -3.42. The number of aryl methyl sites for hydroxylation is 2. The van der Waals surface area contributed by atoms with E-state index in [1.807, 2.05) is 63.2 Å². The van der Waals surface area contributed by atoms with Gasteiger partial charge in [0, 0.05) is 12.6 Å². The molecule has 8 nitrogen and oxygen atoms in total. The van der Waals surface area contributed by atoms with Crippen molar-refractivity contribution in [3.63, 3.8) is 0 Å². The van der Waals surface area contributed by atoms with E-state index in [0.717, 1.165) is 28.2 Å². The lowest BCUT2D eigenvalue weighted by Gasteiger charge is -2.13. The number of hydrogen-bond donors (Lipinski definition) is 0. The van der Waals surface area contributed by atoms with E-state index in [1.54, 1.807) is 7.05 Å². The summed E-state index contributed by atoms with van der Waals surface area (Å²) in [6.07, 6.45) is 0. The van der Waals surface area contributed by atoms with Gasteiger partial charge in [-0.05, 0) is 66.6 Å². The Labute approximate surface area is 163 Å². The summed E-state index contributed by atoms with van der Waals surface area (Å²) in [5.41, 5.74) is 3.95. The zero-order chi connectivity index (χ0) is 20.1. The first-order chi connectivity index (χ1) is 13.5. The first kappa shape index (κ1) is 19.3. The van der Waals surface area contributed by atoms with E-state index in [1.165, 1.54) is 9.36 Å². The molecule has 0 aliphatic rings. The van der Waals surface area contributed by atoms with Crippen molar-refractivity contribution in [1.29, 1.82) is 0 Å². The maximum absolute atomic E-state index is 12.2. The number of para-hydroxylation sites is 1. The largest absolute Gasteiger partial charge is 0.489 e. The van der Waals surface area contributed by atoms with Gasteiger partial charge >= 0.3 is 5.69 Å². The molecule has 0 aliphatic heterocycles. The Kier molecular flexibility index (Phi) is 5.88. The number of tetrazole rings is 1. The van der Waals surface area contributed by atoms with Crippen molar-refractivity contribution < 1.29 is 9.57 Å². The van der Waals surface area contributed by atoms with Gasteiger partial charge in [-0.2, -0.15) is 9.36 Å². The summed E-state index contributed by atoms with van der Waals surface area (Å²) < 4.78 is 8.46. The van der Waals surface area contributed by atoms with Crippen LogP contribution in [-0.2, 0) is 18.5 Å². The SMILES string of the molecule is CCO/N=C(/C)c1ccc(OCc2ccccc2-n2nnn(C)c2=O)c(C)c1. The van der Waals surface area contributed by atoms with Crippen molar-refractivity contribution in [2.24, 2.45) is 12.2 Å². The molecule has 0 saturated heterocycles. The van der Waals surface area contributed by atoms with Gasteiger partial charge in [0.05, 0.1) is 11.4 Å². The van der Waals surface area contributed by atoms with Crippen LogP contribution in [-0.4, -0.2) is 32.1 Å². The van der Waals surface area contributed by atoms with Crippen LogP contribution >= 0.6 is 0 Å². The molecule has 3 aromatic rings. The summed E-state index contributed by atoms with van der Waals surface area (Å²) >= 11 is 0. The predicted octanol–water partition coefficient (Wildman–Crippen LogP) is 2.61. The molecule has 0 aliphatic carbocycles. The fraction of sp³-hybridized carbons (Fsp3) is 0.300. The van der Waals surface area contributed by atoms with Crippen LogP contribution in [0.2, 0.25) is 0 Å². The van der Waals surface area contributed by atoms with E-state index in [4.69, 9.17) is 9.57 Å². The Balaban J connectivity index is 1.80. The summed E-state index contributed by atoms with van der Waals surface area (Å²) in [7, 11) is 1.56. The van der Waals surface area contributed by atoms with Crippen LogP contribution < -0.4 is 10.4 Å². The van der Waals surface area contributed by atoms with Gasteiger partial charge < -0.3 is 9.57 Å². The standard InChI is InChI=1S/C20H23N5O3/c1-5-28-21-15(3)16-10-11-19(14(2)12-16)27-13-17-8-6-7-9-18(17)25-20(26)24(4)22-23-25/h6-12H,5,13H2,1-4H3/b21-15-. The van der Waals surface area contributed by atoms with Gasteiger partial charge in [-0.1, -0.05) is 23.4 Å². The third-order valence-electron chi connectivity index (χ3n) is 4.25. The van der Waals surface area contributed by atoms with E-state index in [-0.39, 0.29) is 5.69 Å².